The Kier molecular flexibility index (Phi) is 12.6. The molecule has 0 fully saturated rings. The van der Waals surface area contributed by atoms with Crippen molar-refractivity contribution in [2.45, 2.75) is 117 Å². The van der Waals surface area contributed by atoms with Crippen LogP contribution in [0.2, 0.25) is 0 Å². The molecule has 0 aliphatic heterocycles. The van der Waals surface area contributed by atoms with Crippen LogP contribution in [0.5, 0.6) is 0 Å². The van der Waals surface area contributed by atoms with E-state index in [9.17, 15) is 4.79 Å². The molecule has 3 aromatic rings. The highest BCUT2D eigenvalue weighted by atomic mass is 16.1. The van der Waals surface area contributed by atoms with Crippen LogP contribution in [0.3, 0.4) is 0 Å². The van der Waals surface area contributed by atoms with Crippen LogP contribution in [0.1, 0.15) is 119 Å². The van der Waals surface area contributed by atoms with Gasteiger partial charge in [0, 0.05) is 12.1 Å². The third-order valence-electron chi connectivity index (χ3n) is 7.16. The maximum Gasteiger partial charge on any atom is 0.251 e. The number of para-hydroxylation sites is 2. The SMILES string of the molecule is CCCCCCCCCCCCCCCCn1c(CNC(=O)c2cccc(C)c2)nc2ccccc21. The van der Waals surface area contributed by atoms with Crippen LogP contribution in [0, 0.1) is 6.92 Å². The Morgan fingerprint density at radius 1 is 0.778 bits per heavy atom. The van der Waals surface area contributed by atoms with Crippen molar-refractivity contribution < 1.29 is 4.79 Å². The topological polar surface area (TPSA) is 46.9 Å². The fourth-order valence-electron chi connectivity index (χ4n) is 5.02. The number of imidazole rings is 1. The largest absolute Gasteiger partial charge is 0.345 e. The van der Waals surface area contributed by atoms with Gasteiger partial charge in [0.2, 0.25) is 0 Å². The number of hydrogen-bond donors (Lipinski definition) is 1. The molecular formula is C32H47N3O. The molecule has 1 heterocycles. The summed E-state index contributed by atoms with van der Waals surface area (Å²) in [7, 11) is 0. The maximum absolute atomic E-state index is 12.6. The van der Waals surface area contributed by atoms with Gasteiger partial charge in [0.15, 0.2) is 0 Å². The summed E-state index contributed by atoms with van der Waals surface area (Å²) in [6, 6.07) is 16.0. The van der Waals surface area contributed by atoms with E-state index < -0.39 is 0 Å². The molecule has 0 atom stereocenters. The fraction of sp³-hybridized carbons (Fsp3) is 0.562. The molecule has 0 radical (unpaired) electrons. The van der Waals surface area contributed by atoms with Crippen LogP contribution < -0.4 is 5.32 Å². The molecule has 4 heteroatoms. The number of aryl methyl sites for hydroxylation is 2. The zero-order valence-corrected chi connectivity index (χ0v) is 22.7. The Morgan fingerprint density at radius 2 is 1.39 bits per heavy atom. The highest BCUT2D eigenvalue weighted by Crippen LogP contribution is 2.18. The van der Waals surface area contributed by atoms with E-state index in [0.717, 1.165) is 35.4 Å². The molecule has 4 nitrogen and oxygen atoms in total. The second kappa shape index (κ2) is 16.2. The average Bonchev–Trinajstić information content (AvgIpc) is 3.24. The molecule has 2 aromatic carbocycles. The monoisotopic (exact) mass is 489 g/mol. The number of amides is 1. The predicted octanol–water partition coefficient (Wildman–Crippen LogP) is 8.76. The number of rotatable bonds is 18. The molecule has 0 saturated carbocycles. The first kappa shape index (κ1) is 28.0. The number of nitrogens with one attached hydrogen (secondary N) is 1. The highest BCUT2D eigenvalue weighted by molar-refractivity contribution is 5.94. The molecule has 36 heavy (non-hydrogen) atoms. The molecule has 3 rings (SSSR count). The number of hydrogen-bond acceptors (Lipinski definition) is 2. The summed E-state index contributed by atoms with van der Waals surface area (Å²) in [5.41, 5.74) is 3.95. The number of unbranched alkanes of at least 4 members (excludes halogenated alkanes) is 13. The van der Waals surface area contributed by atoms with Gasteiger partial charge in [0.25, 0.3) is 5.91 Å². The Hall–Kier alpha value is -2.62. The van der Waals surface area contributed by atoms with E-state index in [1.54, 1.807) is 0 Å². The van der Waals surface area contributed by atoms with Gasteiger partial charge in [0.1, 0.15) is 5.82 Å². The molecule has 0 aliphatic rings. The molecule has 0 saturated heterocycles. The van der Waals surface area contributed by atoms with E-state index >= 15 is 0 Å². The van der Waals surface area contributed by atoms with Gasteiger partial charge in [-0.3, -0.25) is 4.79 Å². The van der Waals surface area contributed by atoms with Gasteiger partial charge >= 0.3 is 0 Å². The van der Waals surface area contributed by atoms with Crippen molar-refractivity contribution in [2.24, 2.45) is 0 Å². The number of aromatic nitrogens is 2. The van der Waals surface area contributed by atoms with E-state index in [4.69, 9.17) is 4.98 Å². The molecule has 0 aliphatic carbocycles. The molecule has 196 valence electrons. The Balaban J connectivity index is 1.36. The standard InChI is InChI=1S/C32H47N3O/c1-3-4-5-6-7-8-9-10-11-12-13-14-15-18-24-35-30-23-17-16-22-29(30)34-31(35)26-33-32(36)28-21-19-20-27(2)25-28/h16-17,19-23,25H,3-15,18,24,26H2,1-2H3,(H,33,36). The van der Waals surface area contributed by atoms with E-state index in [0.29, 0.717) is 12.1 Å². The van der Waals surface area contributed by atoms with Crippen molar-refractivity contribution >= 4 is 16.9 Å². The number of carbonyl (C=O) groups is 1. The summed E-state index contributed by atoms with van der Waals surface area (Å²) in [6.45, 7) is 5.69. The van der Waals surface area contributed by atoms with Gasteiger partial charge in [-0.05, 0) is 37.6 Å². The number of nitrogens with zero attached hydrogens (tertiary/aromatic N) is 2. The van der Waals surface area contributed by atoms with Crippen molar-refractivity contribution in [2.75, 3.05) is 0 Å². The summed E-state index contributed by atoms with van der Waals surface area (Å²) in [5.74, 6) is 0.890. The summed E-state index contributed by atoms with van der Waals surface area (Å²) in [5, 5.41) is 3.07. The van der Waals surface area contributed by atoms with Crippen molar-refractivity contribution in [1.29, 1.82) is 0 Å². The molecule has 0 unspecified atom stereocenters. The van der Waals surface area contributed by atoms with Crippen LogP contribution in [-0.2, 0) is 13.1 Å². The molecule has 1 aromatic heterocycles. The summed E-state index contributed by atoms with van der Waals surface area (Å²) in [6.07, 6.45) is 19.1. The first-order valence-electron chi connectivity index (χ1n) is 14.5. The van der Waals surface area contributed by atoms with E-state index in [1.807, 2.05) is 37.3 Å². The van der Waals surface area contributed by atoms with Crippen LogP contribution in [0.15, 0.2) is 48.5 Å². The number of fused-ring (bicyclic) bond motifs is 1. The van der Waals surface area contributed by atoms with Gasteiger partial charge in [0.05, 0.1) is 17.6 Å². The minimum atomic E-state index is -0.0474. The second-order valence-electron chi connectivity index (χ2n) is 10.3. The second-order valence-corrected chi connectivity index (χ2v) is 10.3. The van der Waals surface area contributed by atoms with Gasteiger partial charge in [-0.25, -0.2) is 4.98 Å². The van der Waals surface area contributed by atoms with Crippen molar-refractivity contribution in [1.82, 2.24) is 14.9 Å². The fourth-order valence-corrected chi connectivity index (χ4v) is 5.02. The van der Waals surface area contributed by atoms with Crippen molar-refractivity contribution in [3.05, 3.63) is 65.5 Å². The zero-order chi connectivity index (χ0) is 25.4. The molecule has 1 N–H and O–H groups in total. The number of carbonyl (C=O) groups excluding carboxylic acids is 1. The molecule has 1 amide bonds. The van der Waals surface area contributed by atoms with Gasteiger partial charge in [-0.15, -0.1) is 0 Å². The van der Waals surface area contributed by atoms with E-state index in [2.05, 4.69) is 35.0 Å². The van der Waals surface area contributed by atoms with Crippen molar-refractivity contribution in [3.63, 3.8) is 0 Å². The lowest BCUT2D eigenvalue weighted by Crippen LogP contribution is -2.24. The Labute approximate surface area is 218 Å². The molecule has 0 spiro atoms. The summed E-state index contributed by atoms with van der Waals surface area (Å²) in [4.78, 5) is 17.5. The van der Waals surface area contributed by atoms with Crippen LogP contribution in [-0.4, -0.2) is 15.5 Å². The first-order valence-corrected chi connectivity index (χ1v) is 14.5. The van der Waals surface area contributed by atoms with Crippen LogP contribution >= 0.6 is 0 Å². The smallest absolute Gasteiger partial charge is 0.251 e. The third-order valence-corrected chi connectivity index (χ3v) is 7.16. The lowest BCUT2D eigenvalue weighted by molar-refractivity contribution is 0.0949. The van der Waals surface area contributed by atoms with E-state index in [1.165, 1.54) is 83.5 Å². The minimum absolute atomic E-state index is 0.0474. The normalized spacial score (nSPS) is 11.3. The summed E-state index contributed by atoms with van der Waals surface area (Å²) >= 11 is 0. The number of benzene rings is 2. The van der Waals surface area contributed by atoms with E-state index in [-0.39, 0.29) is 5.91 Å². The average molecular weight is 490 g/mol. The highest BCUT2D eigenvalue weighted by Gasteiger charge is 2.12. The quantitative estimate of drug-likeness (QED) is 0.182. The van der Waals surface area contributed by atoms with Crippen LogP contribution in [0.4, 0.5) is 0 Å². The maximum atomic E-state index is 12.6. The van der Waals surface area contributed by atoms with Crippen molar-refractivity contribution in [3.8, 4) is 0 Å². The Bertz CT molecular complexity index is 1040. The van der Waals surface area contributed by atoms with Gasteiger partial charge in [-0.1, -0.05) is 120 Å². The van der Waals surface area contributed by atoms with Gasteiger partial charge < -0.3 is 9.88 Å². The molecular weight excluding hydrogens is 442 g/mol. The molecule has 0 bridgehead atoms. The minimum Gasteiger partial charge on any atom is -0.345 e. The summed E-state index contributed by atoms with van der Waals surface area (Å²) < 4.78 is 2.30. The third kappa shape index (κ3) is 9.44. The first-order chi connectivity index (χ1) is 17.7. The lowest BCUT2D eigenvalue weighted by Gasteiger charge is -2.11. The van der Waals surface area contributed by atoms with Crippen LogP contribution in [0.25, 0.3) is 11.0 Å². The lowest BCUT2D eigenvalue weighted by atomic mass is 10.0. The predicted molar refractivity (Wildman–Crippen MR) is 152 cm³/mol. The zero-order valence-electron chi connectivity index (χ0n) is 22.7. The Morgan fingerprint density at radius 3 is 2.03 bits per heavy atom. The van der Waals surface area contributed by atoms with Gasteiger partial charge in [-0.2, -0.15) is 0 Å².